The van der Waals surface area contributed by atoms with Crippen molar-refractivity contribution in [3.8, 4) is 11.3 Å². The van der Waals surface area contributed by atoms with E-state index < -0.39 is 0 Å². The van der Waals surface area contributed by atoms with E-state index in [-0.39, 0.29) is 0 Å². The molecule has 1 saturated heterocycles. The van der Waals surface area contributed by atoms with E-state index in [1.807, 2.05) is 49.1 Å². The van der Waals surface area contributed by atoms with Crippen molar-refractivity contribution in [2.24, 2.45) is 0 Å². The monoisotopic (exact) mass is 424 g/mol. The number of nitrogens with zero attached hydrogens (tertiary/aromatic N) is 4. The molecule has 30 heavy (non-hydrogen) atoms. The molecular weight excluding hydrogens is 396 g/mol. The summed E-state index contributed by atoms with van der Waals surface area (Å²) in [6.07, 6.45) is 7.50. The molecule has 0 radical (unpaired) electrons. The van der Waals surface area contributed by atoms with Crippen LogP contribution >= 0.6 is 11.6 Å². The molecule has 0 aliphatic carbocycles. The van der Waals surface area contributed by atoms with Crippen molar-refractivity contribution in [3.63, 3.8) is 0 Å². The third-order valence-corrected chi connectivity index (χ3v) is 5.16. The number of piperidine rings is 1. The van der Waals surface area contributed by atoms with Crippen molar-refractivity contribution < 1.29 is 0 Å². The van der Waals surface area contributed by atoms with Crippen molar-refractivity contribution >= 4 is 29.1 Å². The van der Waals surface area contributed by atoms with Gasteiger partial charge in [-0.05, 0) is 76.3 Å². The number of guanidine groups is 1. The summed E-state index contributed by atoms with van der Waals surface area (Å²) in [4.78, 5) is 6.75. The van der Waals surface area contributed by atoms with Crippen molar-refractivity contribution in [2.45, 2.75) is 47.0 Å². The second-order valence-electron chi connectivity index (χ2n) is 7.96. The fraction of sp³-hybridized carbons (Fsp3) is 0.391. The van der Waals surface area contributed by atoms with Crippen LogP contribution in [0.5, 0.6) is 0 Å². The highest BCUT2D eigenvalue weighted by atomic mass is 35.5. The van der Waals surface area contributed by atoms with Crippen LogP contribution in [-0.2, 0) is 0 Å². The lowest BCUT2D eigenvalue weighted by molar-refractivity contribution is 0.339. The Balaban J connectivity index is 1.99. The van der Waals surface area contributed by atoms with Crippen LogP contribution < -0.4 is 5.32 Å². The van der Waals surface area contributed by atoms with Crippen LogP contribution in [0.2, 0.25) is 5.02 Å². The largest absolute Gasteiger partial charge is 0.343 e. The lowest BCUT2D eigenvalue weighted by Gasteiger charge is -2.28. The van der Waals surface area contributed by atoms with Crippen LogP contribution in [0.3, 0.4) is 0 Å². The van der Waals surface area contributed by atoms with Crippen molar-refractivity contribution in [3.05, 3.63) is 52.2 Å². The third-order valence-electron chi connectivity index (χ3n) is 4.94. The Labute approximate surface area is 183 Å². The Bertz CT molecular complexity index is 965. The molecule has 2 N–H and O–H groups in total. The minimum absolute atomic E-state index is 0.319. The van der Waals surface area contributed by atoms with E-state index in [4.69, 9.17) is 22.0 Å². The molecule has 0 bridgehead atoms. The lowest BCUT2D eigenvalue weighted by Crippen LogP contribution is -2.39. The molecule has 1 aliphatic heterocycles. The van der Waals surface area contributed by atoms with Crippen LogP contribution in [0.25, 0.3) is 16.8 Å². The zero-order valence-electron chi connectivity index (χ0n) is 18.1. The average molecular weight is 425 g/mol. The van der Waals surface area contributed by atoms with E-state index >= 15 is 0 Å². The number of rotatable bonds is 4. The molecule has 0 amide bonds. The predicted molar refractivity (Wildman–Crippen MR) is 125 cm³/mol. The minimum Gasteiger partial charge on any atom is -0.343 e. The first-order valence-corrected chi connectivity index (χ1v) is 10.7. The number of aromatic nitrogens is 3. The maximum absolute atomic E-state index is 8.38. The number of aryl methyl sites for hydroxylation is 1. The van der Waals surface area contributed by atoms with Crippen LogP contribution in [0, 0.1) is 12.3 Å². The number of hydrogen-bond acceptors (Lipinski definition) is 4. The summed E-state index contributed by atoms with van der Waals surface area (Å²) >= 11 is 6.28. The molecule has 7 heteroatoms. The van der Waals surface area contributed by atoms with Gasteiger partial charge in [0.25, 0.3) is 0 Å². The average Bonchev–Trinajstić information content (AvgIpc) is 2.71. The highest BCUT2D eigenvalue weighted by molar-refractivity contribution is 6.31. The smallest absolute Gasteiger partial charge is 0.250 e. The number of hydrogen-bond donors (Lipinski definition) is 2. The Morgan fingerprint density at radius 3 is 2.47 bits per heavy atom. The van der Waals surface area contributed by atoms with Gasteiger partial charge in [0.15, 0.2) is 5.96 Å². The fourth-order valence-corrected chi connectivity index (χ4v) is 3.68. The first-order valence-electron chi connectivity index (χ1n) is 10.3. The molecule has 1 aromatic carbocycles. The molecule has 1 fully saturated rings. The molecular formula is C23H29ClN6. The topological polar surface area (TPSA) is 77.8 Å². The minimum atomic E-state index is 0.319. The summed E-state index contributed by atoms with van der Waals surface area (Å²) in [6.45, 7) is 9.87. The third kappa shape index (κ3) is 5.66. The van der Waals surface area contributed by atoms with Gasteiger partial charge in [-0.3, -0.25) is 10.7 Å². The van der Waals surface area contributed by atoms with Gasteiger partial charge in [0.05, 0.1) is 5.69 Å². The van der Waals surface area contributed by atoms with Gasteiger partial charge in [-0.25, -0.2) is 4.98 Å². The summed E-state index contributed by atoms with van der Waals surface area (Å²) in [7, 11) is 0. The van der Waals surface area contributed by atoms with E-state index in [1.165, 1.54) is 12.0 Å². The van der Waals surface area contributed by atoms with Gasteiger partial charge < -0.3 is 4.90 Å². The first kappa shape index (κ1) is 22.0. The quantitative estimate of drug-likeness (QED) is 0.373. The molecule has 2 heterocycles. The van der Waals surface area contributed by atoms with Crippen LogP contribution in [-0.4, -0.2) is 39.1 Å². The van der Waals surface area contributed by atoms with E-state index in [9.17, 15) is 0 Å². The van der Waals surface area contributed by atoms with Crippen LogP contribution in [0.15, 0.2) is 35.9 Å². The van der Waals surface area contributed by atoms with Gasteiger partial charge in [-0.1, -0.05) is 29.3 Å². The molecule has 0 saturated carbocycles. The molecule has 0 spiro atoms. The summed E-state index contributed by atoms with van der Waals surface area (Å²) in [6, 6.07) is 5.81. The zero-order chi connectivity index (χ0) is 21.7. The summed E-state index contributed by atoms with van der Waals surface area (Å²) in [5.74, 6) is 0.646. The van der Waals surface area contributed by atoms with Crippen LogP contribution in [0.1, 0.15) is 51.3 Å². The number of nitrogens with one attached hydrogen (secondary N) is 2. The Morgan fingerprint density at radius 1 is 1.07 bits per heavy atom. The number of likely N-dealkylation sites (tertiary alicyclic amines) is 1. The van der Waals surface area contributed by atoms with Gasteiger partial charge in [-0.15, -0.1) is 10.2 Å². The number of benzene rings is 1. The Kier molecular flexibility index (Phi) is 7.21. The highest BCUT2D eigenvalue weighted by Crippen LogP contribution is 2.29. The summed E-state index contributed by atoms with van der Waals surface area (Å²) in [5.41, 5.74) is 5.47. The fourth-order valence-electron chi connectivity index (χ4n) is 3.39. The molecule has 0 atom stereocenters. The second kappa shape index (κ2) is 9.85. The first-order chi connectivity index (χ1) is 14.3. The van der Waals surface area contributed by atoms with Gasteiger partial charge in [0, 0.05) is 23.7 Å². The normalized spacial score (nSPS) is 14.4. The van der Waals surface area contributed by atoms with E-state index in [2.05, 4.69) is 29.4 Å². The molecule has 2 aromatic rings. The number of allylic oxidation sites excluding steroid dienone is 4. The molecule has 0 unspecified atom stereocenters. The van der Waals surface area contributed by atoms with Gasteiger partial charge >= 0.3 is 0 Å². The SMILES string of the molecule is CC(C)=C/C=C(\C)c1nc(NC(=N)N2CCCCC2)nnc1-c1cc(C)cc(Cl)c1. The molecule has 3 rings (SSSR count). The number of halogens is 1. The number of anilines is 1. The lowest BCUT2D eigenvalue weighted by atomic mass is 10.0. The van der Waals surface area contributed by atoms with E-state index in [0.29, 0.717) is 22.6 Å². The van der Waals surface area contributed by atoms with Gasteiger partial charge in [-0.2, -0.15) is 0 Å². The maximum atomic E-state index is 8.38. The van der Waals surface area contributed by atoms with Crippen molar-refractivity contribution in [1.82, 2.24) is 20.1 Å². The van der Waals surface area contributed by atoms with Gasteiger partial charge in [0.2, 0.25) is 5.95 Å². The molecule has 6 nitrogen and oxygen atoms in total. The molecule has 158 valence electrons. The summed E-state index contributed by atoms with van der Waals surface area (Å²) in [5, 5.41) is 20.8. The summed E-state index contributed by atoms with van der Waals surface area (Å²) < 4.78 is 0. The Morgan fingerprint density at radius 2 is 1.80 bits per heavy atom. The van der Waals surface area contributed by atoms with Crippen LogP contribution in [0.4, 0.5) is 5.95 Å². The van der Waals surface area contributed by atoms with Crippen molar-refractivity contribution in [1.29, 1.82) is 5.41 Å². The van der Waals surface area contributed by atoms with Crippen molar-refractivity contribution in [2.75, 3.05) is 18.4 Å². The maximum Gasteiger partial charge on any atom is 0.250 e. The zero-order valence-corrected chi connectivity index (χ0v) is 18.8. The van der Waals surface area contributed by atoms with Gasteiger partial charge in [0.1, 0.15) is 5.69 Å². The second-order valence-corrected chi connectivity index (χ2v) is 8.40. The van der Waals surface area contributed by atoms with E-state index in [1.54, 1.807) is 0 Å². The molecule has 1 aliphatic rings. The predicted octanol–water partition coefficient (Wildman–Crippen LogP) is 5.70. The van der Waals surface area contributed by atoms with E-state index in [0.717, 1.165) is 48.3 Å². The standard InChI is InChI=1S/C23H29ClN6/c1-15(2)8-9-17(4)20-21(18-12-16(3)13-19(24)14-18)28-29-23(26-20)27-22(25)30-10-6-5-7-11-30/h8-9,12-14H,5-7,10-11H2,1-4H3,(H2,25,26,27,29)/b17-9+. The molecule has 1 aromatic heterocycles. The Hall–Kier alpha value is -2.73. The highest BCUT2D eigenvalue weighted by Gasteiger charge is 2.17.